The molecule has 0 bridgehead atoms. The van der Waals surface area contributed by atoms with E-state index < -0.39 is 0 Å². The van der Waals surface area contributed by atoms with Gasteiger partial charge >= 0.3 is 0 Å². The Morgan fingerprint density at radius 3 is 3.20 bits per heavy atom. The second-order valence-corrected chi connectivity index (χ2v) is 4.19. The van der Waals surface area contributed by atoms with Gasteiger partial charge in [-0.15, -0.1) is 0 Å². The molecule has 1 unspecified atom stereocenters. The van der Waals surface area contributed by atoms with Gasteiger partial charge in [0.25, 0.3) is 0 Å². The van der Waals surface area contributed by atoms with Crippen molar-refractivity contribution >= 4 is 0 Å². The third-order valence-corrected chi connectivity index (χ3v) is 2.81. The van der Waals surface area contributed by atoms with Crippen molar-refractivity contribution in [2.24, 2.45) is 0 Å². The molecule has 0 radical (unpaired) electrons. The summed E-state index contributed by atoms with van der Waals surface area (Å²) in [4.78, 5) is 4.45. The number of pyridine rings is 1. The first-order valence-electron chi connectivity index (χ1n) is 5.71. The van der Waals surface area contributed by atoms with Crippen molar-refractivity contribution < 1.29 is 0 Å². The van der Waals surface area contributed by atoms with Crippen LogP contribution in [0.2, 0.25) is 0 Å². The van der Waals surface area contributed by atoms with E-state index in [1.165, 1.54) is 19.4 Å². The second kappa shape index (κ2) is 5.24. The molecule has 2 heterocycles. The van der Waals surface area contributed by atoms with Crippen LogP contribution in [0.1, 0.15) is 24.2 Å². The first-order chi connectivity index (χ1) is 7.34. The van der Waals surface area contributed by atoms with Gasteiger partial charge in [-0.05, 0) is 38.4 Å². The van der Waals surface area contributed by atoms with Gasteiger partial charge in [-0.25, -0.2) is 0 Å². The topological polar surface area (TPSA) is 37.0 Å². The molecular weight excluding hydrogens is 186 g/mol. The van der Waals surface area contributed by atoms with Crippen LogP contribution in [-0.4, -0.2) is 24.1 Å². The normalized spacial score (nSPS) is 20.7. The maximum Gasteiger partial charge on any atom is 0.0544 e. The summed E-state index contributed by atoms with van der Waals surface area (Å²) in [5, 5.41) is 6.92. The predicted octanol–water partition coefficient (Wildman–Crippen LogP) is 1.23. The quantitative estimate of drug-likeness (QED) is 0.776. The Labute approximate surface area is 91.3 Å². The van der Waals surface area contributed by atoms with Crippen molar-refractivity contribution in [1.82, 2.24) is 15.6 Å². The van der Waals surface area contributed by atoms with E-state index in [1.807, 2.05) is 13.0 Å². The largest absolute Gasteiger partial charge is 0.313 e. The highest BCUT2D eigenvalue weighted by Crippen LogP contribution is 2.03. The minimum atomic E-state index is 0.662. The average molecular weight is 205 g/mol. The molecule has 1 aromatic heterocycles. The number of aryl methyl sites for hydroxylation is 1. The third-order valence-electron chi connectivity index (χ3n) is 2.81. The Kier molecular flexibility index (Phi) is 3.69. The molecule has 3 nitrogen and oxygen atoms in total. The first kappa shape index (κ1) is 10.6. The van der Waals surface area contributed by atoms with Gasteiger partial charge in [0.05, 0.1) is 5.69 Å². The van der Waals surface area contributed by atoms with Crippen molar-refractivity contribution in [3.8, 4) is 0 Å². The van der Waals surface area contributed by atoms with E-state index in [1.54, 1.807) is 0 Å². The summed E-state index contributed by atoms with van der Waals surface area (Å²) in [6.07, 6.45) is 2.61. The highest BCUT2D eigenvalue weighted by Gasteiger charge is 2.12. The average Bonchev–Trinajstić information content (AvgIpc) is 2.71. The standard InChI is InChI=1S/C12H19N3/c1-10-4-2-5-12(15-10)9-13-8-11-6-3-7-14-11/h2,4-5,11,13-14H,3,6-9H2,1H3. The lowest BCUT2D eigenvalue weighted by molar-refractivity contribution is 0.532. The molecule has 0 aliphatic carbocycles. The fourth-order valence-corrected chi connectivity index (χ4v) is 2.00. The molecule has 0 aromatic carbocycles. The summed E-state index contributed by atoms with van der Waals surface area (Å²) in [5.74, 6) is 0. The van der Waals surface area contributed by atoms with Gasteiger partial charge in [-0.1, -0.05) is 6.07 Å². The van der Waals surface area contributed by atoms with Crippen LogP contribution in [0.15, 0.2) is 18.2 Å². The van der Waals surface area contributed by atoms with Crippen LogP contribution in [0.25, 0.3) is 0 Å². The highest BCUT2D eigenvalue weighted by atomic mass is 15.0. The van der Waals surface area contributed by atoms with Crippen LogP contribution in [0.4, 0.5) is 0 Å². The molecule has 82 valence electrons. The molecule has 2 rings (SSSR count). The number of hydrogen-bond donors (Lipinski definition) is 2. The Hall–Kier alpha value is -0.930. The number of nitrogens with one attached hydrogen (secondary N) is 2. The van der Waals surface area contributed by atoms with Gasteiger partial charge in [-0.3, -0.25) is 4.98 Å². The van der Waals surface area contributed by atoms with Crippen molar-refractivity contribution in [2.45, 2.75) is 32.4 Å². The van der Waals surface area contributed by atoms with Crippen LogP contribution in [0.3, 0.4) is 0 Å². The molecule has 0 spiro atoms. The maximum absolute atomic E-state index is 4.45. The summed E-state index contributed by atoms with van der Waals surface area (Å²) in [6, 6.07) is 6.83. The summed E-state index contributed by atoms with van der Waals surface area (Å²) >= 11 is 0. The zero-order valence-electron chi connectivity index (χ0n) is 9.29. The van der Waals surface area contributed by atoms with Crippen LogP contribution in [0.5, 0.6) is 0 Å². The molecular formula is C12H19N3. The van der Waals surface area contributed by atoms with Crippen molar-refractivity contribution in [3.05, 3.63) is 29.6 Å². The van der Waals surface area contributed by atoms with Crippen molar-refractivity contribution in [2.75, 3.05) is 13.1 Å². The third kappa shape index (κ3) is 3.29. The Bertz CT molecular complexity index is 305. The van der Waals surface area contributed by atoms with E-state index in [9.17, 15) is 0 Å². The number of hydrogen-bond acceptors (Lipinski definition) is 3. The van der Waals surface area contributed by atoms with E-state index in [0.29, 0.717) is 6.04 Å². The summed E-state index contributed by atoms with van der Waals surface area (Å²) in [6.45, 7) is 5.13. The number of nitrogens with zero attached hydrogens (tertiary/aromatic N) is 1. The minimum absolute atomic E-state index is 0.662. The smallest absolute Gasteiger partial charge is 0.0544 e. The second-order valence-electron chi connectivity index (χ2n) is 4.19. The van der Waals surface area contributed by atoms with Gasteiger partial charge in [0, 0.05) is 24.8 Å². The SMILES string of the molecule is Cc1cccc(CNCC2CCCN2)n1. The summed E-state index contributed by atoms with van der Waals surface area (Å²) < 4.78 is 0. The molecule has 15 heavy (non-hydrogen) atoms. The van der Waals surface area contributed by atoms with Crippen LogP contribution in [0, 0.1) is 6.92 Å². The van der Waals surface area contributed by atoms with Gasteiger partial charge in [0.1, 0.15) is 0 Å². The lowest BCUT2D eigenvalue weighted by atomic mass is 10.2. The van der Waals surface area contributed by atoms with E-state index >= 15 is 0 Å². The summed E-state index contributed by atoms with van der Waals surface area (Å²) in [7, 11) is 0. The van der Waals surface area contributed by atoms with E-state index in [2.05, 4.69) is 27.8 Å². The van der Waals surface area contributed by atoms with Crippen LogP contribution >= 0.6 is 0 Å². The van der Waals surface area contributed by atoms with Crippen LogP contribution < -0.4 is 10.6 Å². The van der Waals surface area contributed by atoms with E-state index in [0.717, 1.165) is 24.5 Å². The van der Waals surface area contributed by atoms with Gasteiger partial charge in [-0.2, -0.15) is 0 Å². The number of rotatable bonds is 4. The Balaban J connectivity index is 1.73. The lowest BCUT2D eigenvalue weighted by Gasteiger charge is -2.11. The molecule has 0 saturated carbocycles. The van der Waals surface area contributed by atoms with Crippen molar-refractivity contribution in [1.29, 1.82) is 0 Å². The Morgan fingerprint density at radius 1 is 1.53 bits per heavy atom. The molecule has 1 saturated heterocycles. The molecule has 1 aromatic rings. The van der Waals surface area contributed by atoms with Crippen molar-refractivity contribution in [3.63, 3.8) is 0 Å². The highest BCUT2D eigenvalue weighted by molar-refractivity contribution is 5.09. The van der Waals surface area contributed by atoms with E-state index in [4.69, 9.17) is 0 Å². The fourth-order valence-electron chi connectivity index (χ4n) is 2.00. The zero-order valence-corrected chi connectivity index (χ0v) is 9.29. The van der Waals surface area contributed by atoms with Crippen LogP contribution in [-0.2, 0) is 6.54 Å². The molecule has 1 fully saturated rings. The monoisotopic (exact) mass is 205 g/mol. The molecule has 3 heteroatoms. The predicted molar refractivity (Wildman–Crippen MR) is 61.7 cm³/mol. The zero-order chi connectivity index (χ0) is 10.5. The van der Waals surface area contributed by atoms with Gasteiger partial charge in [0.15, 0.2) is 0 Å². The summed E-state index contributed by atoms with van der Waals surface area (Å²) in [5.41, 5.74) is 2.22. The number of aromatic nitrogens is 1. The van der Waals surface area contributed by atoms with Gasteiger partial charge in [0.2, 0.25) is 0 Å². The first-order valence-corrected chi connectivity index (χ1v) is 5.71. The molecule has 1 aliphatic rings. The lowest BCUT2D eigenvalue weighted by Crippen LogP contribution is -2.33. The molecule has 2 N–H and O–H groups in total. The molecule has 1 atom stereocenters. The van der Waals surface area contributed by atoms with Gasteiger partial charge < -0.3 is 10.6 Å². The van der Waals surface area contributed by atoms with E-state index in [-0.39, 0.29) is 0 Å². The fraction of sp³-hybridized carbons (Fsp3) is 0.583. The molecule has 0 amide bonds. The minimum Gasteiger partial charge on any atom is -0.313 e. The maximum atomic E-state index is 4.45. The Morgan fingerprint density at radius 2 is 2.47 bits per heavy atom. The molecule has 1 aliphatic heterocycles.